The third-order valence-corrected chi connectivity index (χ3v) is 5.66. The smallest absolute Gasteiger partial charge is 0.252 e. The second kappa shape index (κ2) is 10.7. The molecular formula is C24H27N3O5. The van der Waals surface area contributed by atoms with Crippen molar-refractivity contribution in [1.29, 1.82) is 0 Å². The fraction of sp³-hybridized carbons (Fsp3) is 0.333. The van der Waals surface area contributed by atoms with Gasteiger partial charge in [-0.2, -0.15) is 0 Å². The predicted octanol–water partition coefficient (Wildman–Crippen LogP) is 1.25. The molecule has 8 nitrogen and oxygen atoms in total. The Morgan fingerprint density at radius 3 is 2.19 bits per heavy atom. The number of aliphatic hydroxyl groups excluding tert-OH is 1. The van der Waals surface area contributed by atoms with Gasteiger partial charge in [-0.25, -0.2) is 0 Å². The summed E-state index contributed by atoms with van der Waals surface area (Å²) in [5.41, 5.74) is 6.38. The van der Waals surface area contributed by atoms with E-state index in [1.54, 1.807) is 60.7 Å². The van der Waals surface area contributed by atoms with E-state index in [0.717, 1.165) is 0 Å². The van der Waals surface area contributed by atoms with Gasteiger partial charge in [0.15, 0.2) is 6.10 Å². The van der Waals surface area contributed by atoms with Crippen molar-refractivity contribution < 1.29 is 24.3 Å². The number of carbonyl (C=O) groups is 4. The Hall–Kier alpha value is -3.52. The van der Waals surface area contributed by atoms with Gasteiger partial charge >= 0.3 is 0 Å². The number of hydrogen-bond donors (Lipinski definition) is 4. The lowest BCUT2D eigenvalue weighted by molar-refractivity contribution is -0.136. The van der Waals surface area contributed by atoms with Gasteiger partial charge in [0.1, 0.15) is 11.8 Å². The third kappa shape index (κ3) is 5.79. The normalized spacial score (nSPS) is 18.8. The van der Waals surface area contributed by atoms with Crippen molar-refractivity contribution in [2.24, 2.45) is 11.7 Å². The molecule has 0 heterocycles. The number of nitrogens with one attached hydrogen (secondary N) is 2. The summed E-state index contributed by atoms with van der Waals surface area (Å²) in [6.45, 7) is 0. The summed E-state index contributed by atoms with van der Waals surface area (Å²) >= 11 is 0. The first-order chi connectivity index (χ1) is 15.4. The Kier molecular flexibility index (Phi) is 7.72. The SMILES string of the molecule is NC(=O)[C@H](NC(=O)[C@H](O)[C@@H](NC(=O)c1ccccc1)c1ccccc1)[C@@H]1CCCC(=O)C1. The number of nitrogens with two attached hydrogens (primary N) is 1. The topological polar surface area (TPSA) is 139 Å². The summed E-state index contributed by atoms with van der Waals surface area (Å²) in [4.78, 5) is 49.4. The quantitative estimate of drug-likeness (QED) is 0.492. The number of aliphatic hydroxyl groups is 1. The van der Waals surface area contributed by atoms with Gasteiger partial charge in [-0.1, -0.05) is 48.5 Å². The zero-order valence-electron chi connectivity index (χ0n) is 17.6. The van der Waals surface area contributed by atoms with Crippen molar-refractivity contribution in [3.8, 4) is 0 Å². The van der Waals surface area contributed by atoms with E-state index in [1.165, 1.54) is 0 Å². The number of primary amides is 1. The second-order valence-electron chi connectivity index (χ2n) is 7.96. The van der Waals surface area contributed by atoms with Crippen molar-refractivity contribution >= 4 is 23.5 Å². The molecule has 8 heteroatoms. The average molecular weight is 437 g/mol. The minimum absolute atomic E-state index is 0.0135. The van der Waals surface area contributed by atoms with Crippen LogP contribution in [0.1, 0.15) is 47.6 Å². The van der Waals surface area contributed by atoms with Crippen LogP contribution in [0.3, 0.4) is 0 Å². The Bertz CT molecular complexity index is 964. The zero-order chi connectivity index (χ0) is 23.1. The first-order valence-electron chi connectivity index (χ1n) is 10.6. The van der Waals surface area contributed by atoms with Gasteiger partial charge in [0.2, 0.25) is 5.91 Å². The largest absolute Gasteiger partial charge is 0.381 e. The van der Waals surface area contributed by atoms with E-state index in [4.69, 9.17) is 5.73 Å². The molecule has 5 N–H and O–H groups in total. The number of rotatable bonds is 8. The molecule has 0 aliphatic heterocycles. The van der Waals surface area contributed by atoms with Gasteiger partial charge in [0.25, 0.3) is 11.8 Å². The van der Waals surface area contributed by atoms with Gasteiger partial charge in [-0.05, 0) is 36.5 Å². The standard InChI is InChI=1S/C24H27N3O5/c25-22(30)20(17-12-7-13-18(28)14-17)27-24(32)21(29)19(15-8-3-1-4-9-15)26-23(31)16-10-5-2-6-11-16/h1-6,8-11,17,19-21,29H,7,12-14H2,(H2,25,30)(H,26,31)(H,27,32)/t17-,19+,20-,21-/m1/s1. The Morgan fingerprint density at radius 1 is 0.969 bits per heavy atom. The Labute approximate surface area is 186 Å². The number of hydrogen-bond acceptors (Lipinski definition) is 5. The molecule has 168 valence electrons. The minimum Gasteiger partial charge on any atom is -0.381 e. The highest BCUT2D eigenvalue weighted by Crippen LogP contribution is 2.25. The van der Waals surface area contributed by atoms with Crippen LogP contribution in [0.4, 0.5) is 0 Å². The average Bonchev–Trinajstić information content (AvgIpc) is 2.81. The van der Waals surface area contributed by atoms with Crippen molar-refractivity contribution in [2.45, 2.75) is 43.9 Å². The number of Topliss-reactive ketones (excluding diaryl/α,β-unsaturated/α-hetero) is 1. The lowest BCUT2D eigenvalue weighted by Crippen LogP contribution is -2.54. The summed E-state index contributed by atoms with van der Waals surface area (Å²) < 4.78 is 0. The summed E-state index contributed by atoms with van der Waals surface area (Å²) in [7, 11) is 0. The lowest BCUT2D eigenvalue weighted by Gasteiger charge is -2.30. The van der Waals surface area contributed by atoms with Crippen LogP contribution in [0.25, 0.3) is 0 Å². The third-order valence-electron chi connectivity index (χ3n) is 5.66. The van der Waals surface area contributed by atoms with Crippen molar-refractivity contribution in [3.05, 3.63) is 71.8 Å². The molecule has 0 spiro atoms. The summed E-state index contributed by atoms with van der Waals surface area (Å²) in [6.07, 6.45) is 0.0941. The molecule has 0 unspecified atom stereocenters. The number of benzene rings is 2. The highest BCUT2D eigenvalue weighted by Gasteiger charge is 2.36. The molecule has 0 bridgehead atoms. The van der Waals surface area contributed by atoms with Crippen molar-refractivity contribution in [3.63, 3.8) is 0 Å². The van der Waals surface area contributed by atoms with E-state index >= 15 is 0 Å². The Balaban J connectivity index is 1.79. The number of ketones is 1. The van der Waals surface area contributed by atoms with Crippen molar-refractivity contribution in [1.82, 2.24) is 10.6 Å². The van der Waals surface area contributed by atoms with Gasteiger partial charge < -0.3 is 21.5 Å². The molecule has 1 aliphatic rings. The molecule has 2 aromatic carbocycles. The van der Waals surface area contributed by atoms with E-state index in [-0.39, 0.29) is 12.2 Å². The molecule has 3 rings (SSSR count). The monoisotopic (exact) mass is 437 g/mol. The van der Waals surface area contributed by atoms with Crippen LogP contribution < -0.4 is 16.4 Å². The minimum atomic E-state index is -1.69. The second-order valence-corrected chi connectivity index (χ2v) is 7.96. The molecule has 32 heavy (non-hydrogen) atoms. The van der Waals surface area contributed by atoms with Gasteiger partial charge in [0, 0.05) is 18.4 Å². The van der Waals surface area contributed by atoms with Crippen LogP contribution in [0, 0.1) is 5.92 Å². The van der Waals surface area contributed by atoms with Crippen LogP contribution in [-0.4, -0.2) is 40.8 Å². The van der Waals surface area contributed by atoms with Crippen LogP contribution in [0.5, 0.6) is 0 Å². The fourth-order valence-electron chi connectivity index (χ4n) is 3.97. The highest BCUT2D eigenvalue weighted by atomic mass is 16.3. The fourth-order valence-corrected chi connectivity index (χ4v) is 3.97. The molecule has 0 radical (unpaired) electrons. The predicted molar refractivity (Wildman–Crippen MR) is 117 cm³/mol. The van der Waals surface area contributed by atoms with Gasteiger partial charge in [-0.3, -0.25) is 19.2 Å². The first kappa shape index (κ1) is 23.1. The summed E-state index contributed by atoms with van der Waals surface area (Å²) in [5.74, 6) is -2.49. The van der Waals surface area contributed by atoms with Crippen LogP contribution in [0.15, 0.2) is 60.7 Å². The summed E-state index contributed by atoms with van der Waals surface area (Å²) in [6, 6.07) is 14.9. The van der Waals surface area contributed by atoms with E-state index < -0.39 is 41.8 Å². The van der Waals surface area contributed by atoms with E-state index in [2.05, 4.69) is 10.6 Å². The van der Waals surface area contributed by atoms with Crippen molar-refractivity contribution in [2.75, 3.05) is 0 Å². The molecule has 0 saturated heterocycles. The highest BCUT2D eigenvalue weighted by molar-refractivity contribution is 5.95. The summed E-state index contributed by atoms with van der Waals surface area (Å²) in [5, 5.41) is 16.1. The maximum absolute atomic E-state index is 12.9. The molecule has 1 saturated carbocycles. The van der Waals surface area contributed by atoms with Gasteiger partial charge in [0.05, 0.1) is 6.04 Å². The number of carbonyl (C=O) groups excluding carboxylic acids is 4. The van der Waals surface area contributed by atoms with Gasteiger partial charge in [-0.15, -0.1) is 0 Å². The van der Waals surface area contributed by atoms with Crippen LogP contribution in [0.2, 0.25) is 0 Å². The molecule has 0 aromatic heterocycles. The van der Waals surface area contributed by atoms with E-state index in [0.29, 0.717) is 30.4 Å². The number of amides is 3. The molecule has 2 aromatic rings. The first-order valence-corrected chi connectivity index (χ1v) is 10.6. The van der Waals surface area contributed by atoms with E-state index in [9.17, 15) is 24.3 Å². The molecule has 4 atom stereocenters. The zero-order valence-corrected chi connectivity index (χ0v) is 17.6. The Morgan fingerprint density at radius 2 is 1.59 bits per heavy atom. The maximum Gasteiger partial charge on any atom is 0.252 e. The molecule has 1 aliphatic carbocycles. The lowest BCUT2D eigenvalue weighted by atomic mass is 9.82. The molecule has 1 fully saturated rings. The maximum atomic E-state index is 12.9. The van der Waals surface area contributed by atoms with Crippen LogP contribution in [-0.2, 0) is 14.4 Å². The van der Waals surface area contributed by atoms with Crippen LogP contribution >= 0.6 is 0 Å². The van der Waals surface area contributed by atoms with E-state index in [1.807, 2.05) is 0 Å². The molecule has 3 amide bonds. The molecular weight excluding hydrogens is 410 g/mol.